The Balaban J connectivity index is 3.13. The Morgan fingerprint density at radius 3 is 2.50 bits per heavy atom. The molecule has 1 atom stereocenters. The van der Waals surface area contributed by atoms with Crippen molar-refractivity contribution in [2.75, 3.05) is 0 Å². The average Bonchev–Trinajstić information content (AvgIpc) is 2.08. The largest absolute Gasteiger partial charge is 0.428 e. The Morgan fingerprint density at radius 1 is 1.50 bits per heavy atom. The molecule has 0 aliphatic heterocycles. The van der Waals surface area contributed by atoms with Gasteiger partial charge >= 0.3 is 6.18 Å². The van der Waals surface area contributed by atoms with Crippen molar-refractivity contribution in [2.24, 2.45) is 0 Å². The van der Waals surface area contributed by atoms with Gasteiger partial charge in [-0.2, -0.15) is 13.2 Å². The average molecular weight is 206 g/mol. The topological polar surface area (TPSA) is 37.3 Å². The molecule has 1 rings (SSSR count). The van der Waals surface area contributed by atoms with Gasteiger partial charge in [0.05, 0.1) is 0 Å². The van der Waals surface area contributed by atoms with Crippen molar-refractivity contribution >= 4 is 5.78 Å². The summed E-state index contributed by atoms with van der Waals surface area (Å²) in [4.78, 5) is 11.2. The fraction of sp³-hybridized carbons (Fsp3) is 0.444. The van der Waals surface area contributed by atoms with Crippen LogP contribution in [0.2, 0.25) is 0 Å². The van der Waals surface area contributed by atoms with Gasteiger partial charge in [0.1, 0.15) is 0 Å². The predicted octanol–water partition coefficient (Wildman–Crippen LogP) is 1.76. The first kappa shape index (κ1) is 11.0. The molecule has 0 aromatic carbocycles. The number of aliphatic hydroxyl groups is 1. The van der Waals surface area contributed by atoms with E-state index in [-0.39, 0.29) is 12.0 Å². The fourth-order valence-electron chi connectivity index (χ4n) is 1.20. The molecule has 0 amide bonds. The van der Waals surface area contributed by atoms with E-state index in [1.54, 1.807) is 6.92 Å². The van der Waals surface area contributed by atoms with Gasteiger partial charge in [-0.3, -0.25) is 4.79 Å². The van der Waals surface area contributed by atoms with E-state index in [1.165, 1.54) is 6.08 Å². The maximum atomic E-state index is 12.3. The lowest BCUT2D eigenvalue weighted by atomic mass is 9.86. The number of hydrogen-bond acceptors (Lipinski definition) is 2. The summed E-state index contributed by atoms with van der Waals surface area (Å²) in [5, 5.41) is 9.18. The molecule has 0 fully saturated rings. The zero-order valence-corrected chi connectivity index (χ0v) is 7.43. The fourth-order valence-corrected chi connectivity index (χ4v) is 1.20. The number of ketones is 1. The minimum Gasteiger partial charge on any atom is -0.370 e. The van der Waals surface area contributed by atoms with E-state index in [9.17, 15) is 23.1 Å². The van der Waals surface area contributed by atoms with Crippen molar-refractivity contribution in [1.82, 2.24) is 0 Å². The number of rotatable bonds is 1. The molecule has 0 saturated heterocycles. The number of alkyl halides is 3. The molecule has 0 radical (unpaired) electrons. The minimum absolute atomic E-state index is 0.0210. The molecule has 0 aromatic rings. The lowest BCUT2D eigenvalue weighted by Crippen LogP contribution is -2.51. The van der Waals surface area contributed by atoms with Gasteiger partial charge in [0.2, 0.25) is 11.4 Å². The van der Waals surface area contributed by atoms with Gasteiger partial charge in [0.25, 0.3) is 0 Å². The summed E-state index contributed by atoms with van der Waals surface area (Å²) >= 11 is 0. The lowest BCUT2D eigenvalue weighted by Gasteiger charge is -2.28. The summed E-state index contributed by atoms with van der Waals surface area (Å²) in [6, 6.07) is 0. The zero-order valence-electron chi connectivity index (χ0n) is 7.43. The third kappa shape index (κ3) is 1.48. The van der Waals surface area contributed by atoms with E-state index in [1.807, 2.05) is 0 Å². The lowest BCUT2D eigenvalue weighted by molar-refractivity contribution is -0.231. The summed E-state index contributed by atoms with van der Waals surface area (Å²) < 4.78 is 37.0. The molecule has 0 aromatic heterocycles. The molecule has 0 heterocycles. The summed E-state index contributed by atoms with van der Waals surface area (Å²) in [6.45, 7) is 1.56. The van der Waals surface area contributed by atoms with Crippen molar-refractivity contribution in [1.29, 1.82) is 0 Å². The summed E-state index contributed by atoms with van der Waals surface area (Å²) in [6.07, 6.45) is -2.00. The number of carbonyl (C=O) groups is 1. The van der Waals surface area contributed by atoms with Crippen LogP contribution >= 0.6 is 0 Å². The number of Topliss-reactive ketones (excluding diaryl/α,β-unsaturated/α-hetero) is 1. The van der Waals surface area contributed by atoms with Gasteiger partial charge in [-0.05, 0) is 18.1 Å². The van der Waals surface area contributed by atoms with Gasteiger partial charge in [0.15, 0.2) is 0 Å². The molecule has 14 heavy (non-hydrogen) atoms. The van der Waals surface area contributed by atoms with Crippen LogP contribution in [0.25, 0.3) is 0 Å². The molecule has 0 spiro atoms. The van der Waals surface area contributed by atoms with Gasteiger partial charge in [-0.1, -0.05) is 19.1 Å². The quantitative estimate of drug-likeness (QED) is 0.709. The Labute approximate surface area is 78.7 Å². The molecule has 1 N–H and O–H groups in total. The third-order valence-corrected chi connectivity index (χ3v) is 2.09. The minimum atomic E-state index is -4.96. The molecular formula is C9H9F3O2. The first-order chi connectivity index (χ1) is 6.33. The van der Waals surface area contributed by atoms with Crippen LogP contribution < -0.4 is 0 Å². The number of allylic oxidation sites excluding steroid dienone is 2. The second-order valence-electron chi connectivity index (χ2n) is 3.00. The van der Waals surface area contributed by atoms with Crippen molar-refractivity contribution in [3.8, 4) is 0 Å². The van der Waals surface area contributed by atoms with Crippen LogP contribution in [0.1, 0.15) is 13.3 Å². The first-order valence-corrected chi connectivity index (χ1v) is 4.05. The Kier molecular flexibility index (Phi) is 2.54. The smallest absolute Gasteiger partial charge is 0.370 e. The van der Waals surface area contributed by atoms with E-state index < -0.39 is 17.6 Å². The molecular weight excluding hydrogens is 197 g/mol. The maximum Gasteiger partial charge on any atom is 0.428 e. The van der Waals surface area contributed by atoms with Gasteiger partial charge < -0.3 is 5.11 Å². The molecule has 0 bridgehead atoms. The molecule has 1 aliphatic carbocycles. The highest BCUT2D eigenvalue weighted by atomic mass is 19.4. The van der Waals surface area contributed by atoms with Gasteiger partial charge in [-0.15, -0.1) is 0 Å². The normalized spacial score (nSPS) is 27.8. The second-order valence-corrected chi connectivity index (χ2v) is 3.00. The van der Waals surface area contributed by atoms with Crippen molar-refractivity contribution in [2.45, 2.75) is 25.1 Å². The van der Waals surface area contributed by atoms with Crippen LogP contribution in [0.3, 0.4) is 0 Å². The van der Waals surface area contributed by atoms with E-state index in [0.717, 1.165) is 6.08 Å². The molecule has 78 valence electrons. The maximum absolute atomic E-state index is 12.3. The highest BCUT2D eigenvalue weighted by Gasteiger charge is 2.58. The Morgan fingerprint density at radius 2 is 2.07 bits per heavy atom. The van der Waals surface area contributed by atoms with Gasteiger partial charge in [-0.25, -0.2) is 0 Å². The molecule has 0 saturated carbocycles. The van der Waals surface area contributed by atoms with Crippen LogP contribution in [0.15, 0.2) is 23.8 Å². The summed E-state index contributed by atoms with van der Waals surface area (Å²) in [7, 11) is 0. The standard InChI is InChI=1S/C9H9F3O2/c1-2-6-4-3-5-8(14,7(6)13)9(10,11)12/h3-5,14H,2H2,1H3. The van der Waals surface area contributed by atoms with E-state index >= 15 is 0 Å². The second kappa shape index (κ2) is 3.24. The highest BCUT2D eigenvalue weighted by molar-refractivity contribution is 6.05. The van der Waals surface area contributed by atoms with Crippen LogP contribution in [0.4, 0.5) is 13.2 Å². The van der Waals surface area contributed by atoms with Crippen LogP contribution in [-0.4, -0.2) is 22.7 Å². The Hall–Kier alpha value is -1.10. The van der Waals surface area contributed by atoms with E-state index in [2.05, 4.69) is 0 Å². The van der Waals surface area contributed by atoms with Crippen LogP contribution in [0.5, 0.6) is 0 Å². The van der Waals surface area contributed by atoms with Crippen molar-refractivity contribution < 1.29 is 23.1 Å². The molecule has 1 unspecified atom stereocenters. The Bertz CT molecular complexity index is 315. The van der Waals surface area contributed by atoms with E-state index in [4.69, 9.17) is 0 Å². The summed E-state index contributed by atoms with van der Waals surface area (Å²) in [5.41, 5.74) is -3.36. The molecule has 1 aliphatic rings. The number of hydrogen-bond donors (Lipinski definition) is 1. The zero-order chi connectivity index (χ0) is 11.0. The third-order valence-electron chi connectivity index (χ3n) is 2.09. The predicted molar refractivity (Wildman–Crippen MR) is 43.5 cm³/mol. The summed E-state index contributed by atoms with van der Waals surface area (Å²) in [5.74, 6) is -1.28. The monoisotopic (exact) mass is 206 g/mol. The molecule has 5 heteroatoms. The SMILES string of the molecule is CCC1=CC=CC(O)(C(F)(F)F)C1=O. The highest BCUT2D eigenvalue weighted by Crippen LogP contribution is 2.36. The first-order valence-electron chi connectivity index (χ1n) is 4.05. The number of halogens is 3. The van der Waals surface area contributed by atoms with Crippen LogP contribution in [-0.2, 0) is 4.79 Å². The molecule has 2 nitrogen and oxygen atoms in total. The number of carbonyl (C=O) groups excluding carboxylic acids is 1. The van der Waals surface area contributed by atoms with Crippen LogP contribution in [0, 0.1) is 0 Å². The van der Waals surface area contributed by atoms with Gasteiger partial charge in [0, 0.05) is 0 Å². The van der Waals surface area contributed by atoms with Crippen molar-refractivity contribution in [3.05, 3.63) is 23.8 Å². The van der Waals surface area contributed by atoms with Crippen molar-refractivity contribution in [3.63, 3.8) is 0 Å². The van der Waals surface area contributed by atoms with E-state index in [0.29, 0.717) is 6.08 Å².